The second-order valence-corrected chi connectivity index (χ2v) is 6.65. The van der Waals surface area contributed by atoms with Crippen molar-refractivity contribution in [1.29, 1.82) is 0 Å². The van der Waals surface area contributed by atoms with E-state index in [9.17, 15) is 14.9 Å². The predicted molar refractivity (Wildman–Crippen MR) is 101 cm³/mol. The van der Waals surface area contributed by atoms with Gasteiger partial charge in [-0.25, -0.2) is 0 Å². The number of amides is 1. The molecule has 142 valence electrons. The number of carbonyl (C=O) groups is 1. The average Bonchev–Trinajstić information content (AvgIpc) is 2.98. The van der Waals surface area contributed by atoms with Crippen molar-refractivity contribution in [3.63, 3.8) is 0 Å². The molecule has 0 spiro atoms. The third-order valence-electron chi connectivity index (χ3n) is 4.22. The first kappa shape index (κ1) is 19.0. The number of nitrogens with zero attached hydrogens (tertiary/aromatic N) is 1. The van der Waals surface area contributed by atoms with E-state index in [1.54, 1.807) is 0 Å². The number of nitro benzene ring substituents is 1. The molecule has 1 heterocycles. The van der Waals surface area contributed by atoms with Gasteiger partial charge in [0.05, 0.1) is 11.5 Å². The van der Waals surface area contributed by atoms with Crippen LogP contribution in [0.2, 0.25) is 5.02 Å². The number of rotatable bonds is 6. The molecule has 1 N–H and O–H groups in total. The highest BCUT2D eigenvalue weighted by atomic mass is 35.5. The Labute approximate surface area is 161 Å². The highest BCUT2D eigenvalue weighted by Crippen LogP contribution is 2.35. The van der Waals surface area contributed by atoms with E-state index < -0.39 is 10.8 Å². The monoisotopic (exact) mass is 390 g/mol. The lowest BCUT2D eigenvalue weighted by Crippen LogP contribution is -2.23. The van der Waals surface area contributed by atoms with Crippen LogP contribution in [0.15, 0.2) is 30.3 Å². The molecule has 0 saturated heterocycles. The fraction of sp³-hybridized carbons (Fsp3) is 0.316. The SMILES string of the molecule is CCOc1cc2c(cc1CNC(=O)c1ccc(Cl)c([N+](=O)[O-])c1)OC(C)C2. The molecule has 0 fully saturated rings. The molecule has 0 bridgehead atoms. The molecule has 0 aromatic heterocycles. The fourth-order valence-corrected chi connectivity index (χ4v) is 3.17. The zero-order valence-electron chi connectivity index (χ0n) is 15.0. The Hall–Kier alpha value is -2.80. The summed E-state index contributed by atoms with van der Waals surface area (Å²) in [4.78, 5) is 22.8. The van der Waals surface area contributed by atoms with Gasteiger partial charge in [-0.3, -0.25) is 14.9 Å². The lowest BCUT2D eigenvalue weighted by atomic mass is 10.1. The first-order valence-corrected chi connectivity index (χ1v) is 8.94. The van der Waals surface area contributed by atoms with Crippen molar-refractivity contribution in [1.82, 2.24) is 5.32 Å². The van der Waals surface area contributed by atoms with Gasteiger partial charge in [0.15, 0.2) is 0 Å². The number of nitro groups is 1. The molecule has 1 atom stereocenters. The standard InChI is InChI=1S/C19H19ClN2O5/c1-3-26-17-8-13-6-11(2)27-18(13)9-14(17)10-21-19(23)12-4-5-15(20)16(7-12)22(24)25/h4-5,7-9,11H,3,6,10H2,1-2H3,(H,21,23). The van der Waals surface area contributed by atoms with Gasteiger partial charge < -0.3 is 14.8 Å². The van der Waals surface area contributed by atoms with E-state index in [1.807, 2.05) is 26.0 Å². The number of fused-ring (bicyclic) bond motifs is 1. The van der Waals surface area contributed by atoms with E-state index in [-0.39, 0.29) is 28.9 Å². The smallest absolute Gasteiger partial charge is 0.288 e. The number of carbonyl (C=O) groups excluding carboxylic acids is 1. The van der Waals surface area contributed by atoms with Crippen molar-refractivity contribution in [2.24, 2.45) is 0 Å². The van der Waals surface area contributed by atoms with Crippen LogP contribution in [-0.4, -0.2) is 23.5 Å². The summed E-state index contributed by atoms with van der Waals surface area (Å²) in [6, 6.07) is 7.76. The summed E-state index contributed by atoms with van der Waals surface area (Å²) in [6.07, 6.45) is 0.921. The maximum Gasteiger partial charge on any atom is 0.288 e. The second-order valence-electron chi connectivity index (χ2n) is 6.24. The molecule has 0 radical (unpaired) electrons. The largest absolute Gasteiger partial charge is 0.494 e. The van der Waals surface area contributed by atoms with E-state index in [0.29, 0.717) is 12.4 Å². The molecule has 1 aliphatic rings. The molecule has 7 nitrogen and oxygen atoms in total. The van der Waals surface area contributed by atoms with Crippen LogP contribution in [0.3, 0.4) is 0 Å². The highest BCUT2D eigenvalue weighted by Gasteiger charge is 2.22. The third kappa shape index (κ3) is 4.14. The minimum atomic E-state index is -0.620. The van der Waals surface area contributed by atoms with Gasteiger partial charge in [0, 0.05) is 35.7 Å². The summed E-state index contributed by atoms with van der Waals surface area (Å²) < 4.78 is 11.5. The van der Waals surface area contributed by atoms with Gasteiger partial charge in [-0.1, -0.05) is 11.6 Å². The van der Waals surface area contributed by atoms with E-state index >= 15 is 0 Å². The van der Waals surface area contributed by atoms with Gasteiger partial charge in [0.2, 0.25) is 0 Å². The first-order valence-electron chi connectivity index (χ1n) is 8.56. The Morgan fingerprint density at radius 3 is 2.89 bits per heavy atom. The number of hydrogen-bond donors (Lipinski definition) is 1. The van der Waals surface area contributed by atoms with Crippen LogP contribution in [0.1, 0.15) is 35.3 Å². The average molecular weight is 391 g/mol. The molecule has 2 aromatic carbocycles. The van der Waals surface area contributed by atoms with Gasteiger partial charge in [-0.05, 0) is 38.1 Å². The second kappa shape index (κ2) is 7.84. The summed E-state index contributed by atoms with van der Waals surface area (Å²) in [5, 5.41) is 13.7. The minimum Gasteiger partial charge on any atom is -0.494 e. The Bertz CT molecular complexity index is 900. The number of ether oxygens (including phenoxy) is 2. The molecule has 3 rings (SSSR count). The fourth-order valence-electron chi connectivity index (χ4n) is 2.98. The van der Waals surface area contributed by atoms with Crippen molar-refractivity contribution in [2.75, 3.05) is 6.61 Å². The van der Waals surface area contributed by atoms with Gasteiger partial charge in [0.1, 0.15) is 22.6 Å². The summed E-state index contributed by atoms with van der Waals surface area (Å²) in [5.74, 6) is 1.04. The molecule has 1 unspecified atom stereocenters. The van der Waals surface area contributed by atoms with Crippen LogP contribution in [0.4, 0.5) is 5.69 Å². The van der Waals surface area contributed by atoms with E-state index in [2.05, 4.69) is 5.32 Å². The maximum absolute atomic E-state index is 12.4. The van der Waals surface area contributed by atoms with E-state index in [4.69, 9.17) is 21.1 Å². The topological polar surface area (TPSA) is 90.7 Å². The Morgan fingerprint density at radius 2 is 2.19 bits per heavy atom. The number of hydrogen-bond acceptors (Lipinski definition) is 5. The van der Waals surface area contributed by atoms with Crippen LogP contribution < -0.4 is 14.8 Å². The third-order valence-corrected chi connectivity index (χ3v) is 4.54. The van der Waals surface area contributed by atoms with Crippen LogP contribution in [0.5, 0.6) is 11.5 Å². The Balaban J connectivity index is 1.78. The van der Waals surface area contributed by atoms with Crippen LogP contribution in [-0.2, 0) is 13.0 Å². The summed E-state index contributed by atoms with van der Waals surface area (Å²) in [6.45, 7) is 4.59. The molecule has 27 heavy (non-hydrogen) atoms. The number of nitrogens with one attached hydrogen (secondary N) is 1. The Kier molecular flexibility index (Phi) is 5.51. The summed E-state index contributed by atoms with van der Waals surface area (Å²) >= 11 is 5.79. The lowest BCUT2D eigenvalue weighted by Gasteiger charge is -2.13. The predicted octanol–water partition coefficient (Wildman–Crippen LogP) is 3.90. The molecule has 2 aromatic rings. The van der Waals surface area contributed by atoms with Crippen molar-refractivity contribution in [2.45, 2.75) is 32.9 Å². The summed E-state index contributed by atoms with van der Waals surface area (Å²) in [7, 11) is 0. The zero-order chi connectivity index (χ0) is 19.6. The van der Waals surface area contributed by atoms with Gasteiger partial charge in [0.25, 0.3) is 11.6 Å². The highest BCUT2D eigenvalue weighted by molar-refractivity contribution is 6.32. The van der Waals surface area contributed by atoms with Gasteiger partial charge >= 0.3 is 0 Å². The van der Waals surface area contributed by atoms with Crippen LogP contribution >= 0.6 is 11.6 Å². The molecule has 0 saturated carbocycles. The van der Waals surface area contributed by atoms with Crippen molar-refractivity contribution in [3.05, 3.63) is 62.2 Å². The molecular weight excluding hydrogens is 372 g/mol. The van der Waals surface area contributed by atoms with Crippen LogP contribution in [0, 0.1) is 10.1 Å². The van der Waals surface area contributed by atoms with Crippen LogP contribution in [0.25, 0.3) is 0 Å². The van der Waals surface area contributed by atoms with Crippen molar-refractivity contribution >= 4 is 23.2 Å². The lowest BCUT2D eigenvalue weighted by molar-refractivity contribution is -0.384. The quantitative estimate of drug-likeness (QED) is 0.596. The van der Waals surface area contributed by atoms with E-state index in [1.165, 1.54) is 12.1 Å². The normalized spacial score (nSPS) is 15.0. The van der Waals surface area contributed by atoms with Gasteiger partial charge in [-0.15, -0.1) is 0 Å². The van der Waals surface area contributed by atoms with Crippen molar-refractivity contribution < 1.29 is 19.2 Å². The van der Waals surface area contributed by atoms with Crippen molar-refractivity contribution in [3.8, 4) is 11.5 Å². The van der Waals surface area contributed by atoms with E-state index in [0.717, 1.165) is 29.4 Å². The molecule has 8 heteroatoms. The molecule has 0 aliphatic carbocycles. The Morgan fingerprint density at radius 1 is 1.41 bits per heavy atom. The minimum absolute atomic E-state index is 0.0138. The maximum atomic E-state index is 12.4. The molecule has 1 aliphatic heterocycles. The molecule has 1 amide bonds. The summed E-state index contributed by atoms with van der Waals surface area (Å²) in [5.41, 5.74) is 1.71. The number of benzene rings is 2. The molecular formula is C19H19ClN2O5. The number of halogens is 1. The van der Waals surface area contributed by atoms with Gasteiger partial charge in [-0.2, -0.15) is 0 Å². The first-order chi connectivity index (χ1) is 12.9. The zero-order valence-corrected chi connectivity index (χ0v) is 15.7.